The molecule has 0 bridgehead atoms. The molecule has 2 N–H and O–H groups in total. The summed E-state index contributed by atoms with van der Waals surface area (Å²) in [5, 5.41) is 9.24. The van der Waals surface area contributed by atoms with E-state index >= 15 is 0 Å². The van der Waals surface area contributed by atoms with Crippen LogP contribution in [0, 0.1) is 5.82 Å². The van der Waals surface area contributed by atoms with Crippen molar-refractivity contribution >= 4 is 5.91 Å². The summed E-state index contributed by atoms with van der Waals surface area (Å²) >= 11 is 0. The topological polar surface area (TPSA) is 79.9 Å². The molecular formula is C14H17FN4O2. The normalized spacial score (nSPS) is 12.0. The number of ether oxygens (including phenoxy) is 1. The van der Waals surface area contributed by atoms with Gasteiger partial charge >= 0.3 is 0 Å². The maximum atomic E-state index is 13.4. The maximum absolute atomic E-state index is 13.4. The second-order valence-electron chi connectivity index (χ2n) is 4.54. The Morgan fingerprint density at radius 2 is 2.29 bits per heavy atom. The van der Waals surface area contributed by atoms with Gasteiger partial charge in [0.2, 0.25) is 5.82 Å². The highest BCUT2D eigenvalue weighted by Gasteiger charge is 2.18. The van der Waals surface area contributed by atoms with Gasteiger partial charge in [0, 0.05) is 12.0 Å². The monoisotopic (exact) mass is 292 g/mol. The lowest BCUT2D eigenvalue weighted by molar-refractivity contribution is 0.0929. The van der Waals surface area contributed by atoms with Crippen LogP contribution in [0.2, 0.25) is 0 Å². The van der Waals surface area contributed by atoms with E-state index < -0.39 is 17.8 Å². The van der Waals surface area contributed by atoms with Gasteiger partial charge in [0.05, 0.1) is 13.2 Å². The molecule has 0 saturated carbocycles. The van der Waals surface area contributed by atoms with Crippen LogP contribution in [-0.4, -0.2) is 28.2 Å². The molecule has 112 valence electrons. The minimum Gasteiger partial charge on any atom is -0.496 e. The summed E-state index contributed by atoms with van der Waals surface area (Å²) in [6.07, 6.45) is 0.660. The number of rotatable bonds is 5. The van der Waals surface area contributed by atoms with Crippen molar-refractivity contribution in [2.75, 3.05) is 7.11 Å². The molecule has 1 heterocycles. The van der Waals surface area contributed by atoms with Gasteiger partial charge in [0.1, 0.15) is 17.4 Å². The molecule has 0 saturated heterocycles. The number of halogens is 1. The molecule has 2 rings (SSSR count). The van der Waals surface area contributed by atoms with Crippen molar-refractivity contribution < 1.29 is 13.9 Å². The minimum absolute atomic E-state index is 0.0640. The number of aromatic amines is 1. The highest BCUT2D eigenvalue weighted by Crippen LogP contribution is 2.25. The predicted molar refractivity (Wildman–Crippen MR) is 74.6 cm³/mol. The van der Waals surface area contributed by atoms with E-state index in [9.17, 15) is 9.18 Å². The number of aromatic nitrogens is 3. The second kappa shape index (κ2) is 6.34. The quantitative estimate of drug-likeness (QED) is 0.883. The smallest absolute Gasteiger partial charge is 0.291 e. The Morgan fingerprint density at radius 1 is 1.52 bits per heavy atom. The fourth-order valence-electron chi connectivity index (χ4n) is 1.94. The zero-order chi connectivity index (χ0) is 15.4. The van der Waals surface area contributed by atoms with Gasteiger partial charge in [-0.25, -0.2) is 9.37 Å². The first-order valence-electron chi connectivity index (χ1n) is 6.60. The largest absolute Gasteiger partial charge is 0.496 e. The third-order valence-corrected chi connectivity index (χ3v) is 3.08. The lowest BCUT2D eigenvalue weighted by Gasteiger charge is -2.16. The maximum Gasteiger partial charge on any atom is 0.291 e. The number of H-pyrrole nitrogens is 1. The second-order valence-corrected chi connectivity index (χ2v) is 4.54. The number of nitrogens with zero attached hydrogens (tertiary/aromatic N) is 2. The van der Waals surface area contributed by atoms with Crippen LogP contribution in [0.3, 0.4) is 0 Å². The van der Waals surface area contributed by atoms with Crippen LogP contribution in [0.4, 0.5) is 4.39 Å². The molecule has 1 aromatic carbocycles. The summed E-state index contributed by atoms with van der Waals surface area (Å²) in [5.41, 5.74) is 0.553. The van der Waals surface area contributed by atoms with Crippen molar-refractivity contribution in [1.82, 2.24) is 20.5 Å². The van der Waals surface area contributed by atoms with Crippen LogP contribution in [0.15, 0.2) is 18.2 Å². The first kappa shape index (κ1) is 15.0. The molecule has 0 aliphatic heterocycles. The molecule has 0 fully saturated rings. The lowest BCUT2D eigenvalue weighted by atomic mass is 10.1. The average molecular weight is 292 g/mol. The van der Waals surface area contributed by atoms with Gasteiger partial charge in [-0.1, -0.05) is 6.92 Å². The summed E-state index contributed by atoms with van der Waals surface area (Å²) in [7, 11) is 1.49. The molecule has 2 aromatic rings. The van der Waals surface area contributed by atoms with Crippen LogP contribution >= 0.6 is 0 Å². The van der Waals surface area contributed by atoms with Gasteiger partial charge in [-0.3, -0.25) is 9.89 Å². The van der Waals surface area contributed by atoms with Crippen LogP contribution in [0.1, 0.15) is 41.9 Å². The van der Waals surface area contributed by atoms with Gasteiger partial charge in [-0.15, -0.1) is 5.10 Å². The number of nitrogens with one attached hydrogen (secondary N) is 2. The highest BCUT2D eigenvalue weighted by atomic mass is 19.1. The average Bonchev–Trinajstić information content (AvgIpc) is 2.96. The van der Waals surface area contributed by atoms with Crippen LogP contribution in [-0.2, 0) is 6.42 Å². The van der Waals surface area contributed by atoms with E-state index in [1.165, 1.54) is 25.3 Å². The summed E-state index contributed by atoms with van der Waals surface area (Å²) in [6, 6.07) is 3.72. The van der Waals surface area contributed by atoms with E-state index in [2.05, 4.69) is 20.5 Å². The minimum atomic E-state index is -0.438. The van der Waals surface area contributed by atoms with Gasteiger partial charge < -0.3 is 10.1 Å². The number of benzene rings is 1. The molecule has 0 spiro atoms. The fourth-order valence-corrected chi connectivity index (χ4v) is 1.94. The predicted octanol–water partition coefficient (Wildman–Crippen LogP) is 2.01. The number of aryl methyl sites for hydroxylation is 1. The molecule has 21 heavy (non-hydrogen) atoms. The third kappa shape index (κ3) is 3.36. The molecule has 0 radical (unpaired) electrons. The van der Waals surface area contributed by atoms with Crippen molar-refractivity contribution in [1.29, 1.82) is 0 Å². The summed E-state index contributed by atoms with van der Waals surface area (Å²) in [5.74, 6) is 0.390. The fraction of sp³-hybridized carbons (Fsp3) is 0.357. The van der Waals surface area contributed by atoms with Gasteiger partial charge in [-0.05, 0) is 25.1 Å². The Balaban J connectivity index is 2.15. The van der Waals surface area contributed by atoms with Crippen molar-refractivity contribution in [3.8, 4) is 5.75 Å². The van der Waals surface area contributed by atoms with Crippen molar-refractivity contribution in [3.63, 3.8) is 0 Å². The van der Waals surface area contributed by atoms with E-state index in [0.717, 1.165) is 0 Å². The van der Waals surface area contributed by atoms with Crippen LogP contribution in [0.5, 0.6) is 5.75 Å². The molecular weight excluding hydrogens is 275 g/mol. The van der Waals surface area contributed by atoms with Crippen LogP contribution < -0.4 is 10.1 Å². The zero-order valence-corrected chi connectivity index (χ0v) is 12.1. The van der Waals surface area contributed by atoms with E-state index in [0.29, 0.717) is 23.6 Å². The standard InChI is InChI=1S/C14H17FN4O2/c1-4-12-17-13(19-18-12)14(20)16-8(2)10-7-9(15)5-6-11(10)21-3/h5-8H,4H2,1-3H3,(H,16,20)(H,17,18,19). The molecule has 6 nitrogen and oxygen atoms in total. The summed E-state index contributed by atoms with van der Waals surface area (Å²) in [4.78, 5) is 16.1. The molecule has 1 aromatic heterocycles. The highest BCUT2D eigenvalue weighted by molar-refractivity contribution is 5.90. The number of hydrogen-bond acceptors (Lipinski definition) is 4. The Morgan fingerprint density at radius 3 is 2.90 bits per heavy atom. The van der Waals surface area contributed by atoms with Crippen molar-refractivity contribution in [3.05, 3.63) is 41.2 Å². The molecule has 1 unspecified atom stereocenters. The van der Waals surface area contributed by atoms with Crippen molar-refractivity contribution in [2.24, 2.45) is 0 Å². The first-order valence-corrected chi connectivity index (χ1v) is 6.60. The van der Waals surface area contributed by atoms with E-state index in [-0.39, 0.29) is 5.82 Å². The number of carbonyl (C=O) groups is 1. The summed E-state index contributed by atoms with van der Waals surface area (Å²) < 4.78 is 18.5. The lowest BCUT2D eigenvalue weighted by Crippen LogP contribution is -2.28. The molecule has 7 heteroatoms. The SMILES string of the molecule is CCc1nc(C(=O)NC(C)c2cc(F)ccc2OC)n[nH]1. The number of carbonyl (C=O) groups excluding carboxylic acids is 1. The van der Waals surface area contributed by atoms with Crippen molar-refractivity contribution in [2.45, 2.75) is 26.3 Å². The molecule has 0 aliphatic rings. The van der Waals surface area contributed by atoms with Gasteiger partial charge in [0.15, 0.2) is 0 Å². The van der Waals surface area contributed by atoms with E-state index in [4.69, 9.17) is 4.74 Å². The molecule has 1 amide bonds. The molecule has 0 aliphatic carbocycles. The number of hydrogen-bond donors (Lipinski definition) is 2. The third-order valence-electron chi connectivity index (χ3n) is 3.08. The Hall–Kier alpha value is -2.44. The molecule has 1 atom stereocenters. The van der Waals surface area contributed by atoms with Gasteiger partial charge in [-0.2, -0.15) is 0 Å². The first-order chi connectivity index (χ1) is 10.0. The van der Waals surface area contributed by atoms with Crippen LogP contribution in [0.25, 0.3) is 0 Å². The summed E-state index contributed by atoms with van der Waals surface area (Å²) in [6.45, 7) is 3.64. The zero-order valence-electron chi connectivity index (χ0n) is 12.1. The van der Waals surface area contributed by atoms with E-state index in [1.54, 1.807) is 6.92 Å². The van der Waals surface area contributed by atoms with E-state index in [1.807, 2.05) is 6.92 Å². The Bertz CT molecular complexity index is 642. The number of amides is 1. The number of methoxy groups -OCH3 is 1. The Labute approximate surface area is 121 Å². The Kier molecular flexibility index (Phi) is 4.52. The van der Waals surface area contributed by atoms with Gasteiger partial charge in [0.25, 0.3) is 5.91 Å².